The van der Waals surface area contributed by atoms with Gasteiger partial charge in [0.05, 0.1) is 0 Å². The van der Waals surface area contributed by atoms with Crippen molar-refractivity contribution in [3.8, 4) is 0 Å². The van der Waals surface area contributed by atoms with E-state index in [2.05, 4.69) is 46.2 Å². The summed E-state index contributed by atoms with van der Waals surface area (Å²) in [6.45, 7) is 14.6. The summed E-state index contributed by atoms with van der Waals surface area (Å²) in [5.74, 6) is 0. The average molecular weight is 281 g/mol. The van der Waals surface area contributed by atoms with Gasteiger partial charge in [-0.15, -0.1) is 0 Å². The van der Waals surface area contributed by atoms with Gasteiger partial charge < -0.3 is 0 Å². The number of hydrogen-bond acceptors (Lipinski definition) is 4. The lowest BCUT2D eigenvalue weighted by atomic mass is 10.2. The molecule has 0 aromatic heterocycles. The van der Waals surface area contributed by atoms with Crippen LogP contribution in [0.1, 0.15) is 26.2 Å². The lowest BCUT2D eigenvalue weighted by Crippen LogP contribution is -2.33. The van der Waals surface area contributed by atoms with Gasteiger partial charge in [-0.3, -0.25) is 9.15 Å². The molecule has 0 aliphatic carbocycles. The number of rotatable bonds is 9. The largest absolute Gasteiger partial charge is 0.284 e. The molecule has 0 heterocycles. The van der Waals surface area contributed by atoms with Crippen LogP contribution in [0.15, 0.2) is 0 Å². The minimum absolute atomic E-state index is 0.409. The van der Waals surface area contributed by atoms with E-state index < -0.39 is 22.9 Å². The lowest BCUT2D eigenvalue weighted by Gasteiger charge is -2.24. The summed E-state index contributed by atoms with van der Waals surface area (Å²) in [5.41, 5.74) is 0. The highest BCUT2D eigenvalue weighted by molar-refractivity contribution is 6.69. The molecule has 0 aromatic carbocycles. The standard InChI is InChI=1S/C11H28O4Si2/c1-8-9-10-11(12-14-16(2,3)4)13-15-17(5,6)7/h11H,8-10H2,1-7H3. The van der Waals surface area contributed by atoms with E-state index in [0.717, 1.165) is 19.3 Å². The second-order valence-electron chi connectivity index (χ2n) is 6.16. The monoisotopic (exact) mass is 280 g/mol. The fourth-order valence-electron chi connectivity index (χ4n) is 0.879. The third kappa shape index (κ3) is 12.5. The quantitative estimate of drug-likeness (QED) is 0.276. The maximum atomic E-state index is 5.40. The van der Waals surface area contributed by atoms with Crippen molar-refractivity contribution in [3.05, 3.63) is 0 Å². The third-order valence-electron chi connectivity index (χ3n) is 1.60. The molecule has 0 N–H and O–H groups in total. The van der Waals surface area contributed by atoms with Gasteiger partial charge in [0.2, 0.25) is 22.9 Å². The summed E-state index contributed by atoms with van der Waals surface area (Å²) in [7, 11) is -3.36. The van der Waals surface area contributed by atoms with Crippen LogP contribution in [-0.4, -0.2) is 22.9 Å². The average Bonchev–Trinajstić information content (AvgIpc) is 2.13. The zero-order chi connectivity index (χ0) is 13.5. The zero-order valence-corrected chi connectivity index (χ0v) is 14.3. The molecule has 0 aliphatic rings. The molecule has 17 heavy (non-hydrogen) atoms. The van der Waals surface area contributed by atoms with Crippen molar-refractivity contribution >= 4 is 16.6 Å². The molecule has 0 bridgehead atoms. The van der Waals surface area contributed by atoms with Gasteiger partial charge in [-0.2, -0.15) is 0 Å². The Labute approximate surface area is 108 Å². The highest BCUT2D eigenvalue weighted by Crippen LogP contribution is 2.14. The van der Waals surface area contributed by atoms with Gasteiger partial charge in [-0.25, -0.2) is 9.78 Å². The van der Waals surface area contributed by atoms with Gasteiger partial charge in [0.1, 0.15) is 0 Å². The minimum atomic E-state index is -1.68. The van der Waals surface area contributed by atoms with E-state index in [0.29, 0.717) is 0 Å². The smallest absolute Gasteiger partial charge is 0.230 e. The molecule has 0 spiro atoms. The molecule has 0 aliphatic heterocycles. The predicted molar refractivity (Wildman–Crippen MR) is 74.3 cm³/mol. The van der Waals surface area contributed by atoms with Crippen molar-refractivity contribution < 1.29 is 18.9 Å². The third-order valence-corrected chi connectivity index (χ3v) is 2.80. The molecule has 0 amide bonds. The normalized spacial score (nSPS) is 13.4. The first-order valence-corrected chi connectivity index (χ1v) is 13.1. The second kappa shape index (κ2) is 7.65. The van der Waals surface area contributed by atoms with Gasteiger partial charge >= 0.3 is 0 Å². The first-order valence-electron chi connectivity index (χ1n) is 6.33. The Morgan fingerprint density at radius 2 is 1.24 bits per heavy atom. The molecule has 6 heteroatoms. The van der Waals surface area contributed by atoms with Crippen LogP contribution in [0.25, 0.3) is 0 Å². The molecule has 4 nitrogen and oxygen atoms in total. The number of hydrogen-bond donors (Lipinski definition) is 0. The van der Waals surface area contributed by atoms with E-state index in [-0.39, 0.29) is 0 Å². The summed E-state index contributed by atoms with van der Waals surface area (Å²) in [6, 6.07) is 0. The van der Waals surface area contributed by atoms with Crippen LogP contribution in [0.4, 0.5) is 0 Å². The van der Waals surface area contributed by atoms with Crippen molar-refractivity contribution in [2.24, 2.45) is 0 Å². The van der Waals surface area contributed by atoms with Gasteiger partial charge in [-0.05, 0) is 45.7 Å². The lowest BCUT2D eigenvalue weighted by molar-refractivity contribution is -0.410. The highest BCUT2D eigenvalue weighted by atomic mass is 28.4. The molecule has 0 radical (unpaired) electrons. The second-order valence-corrected chi connectivity index (χ2v) is 14.9. The Kier molecular flexibility index (Phi) is 7.78. The molecule has 0 aromatic rings. The van der Waals surface area contributed by atoms with E-state index in [4.69, 9.17) is 18.9 Å². The molecule has 0 rings (SSSR count). The fourth-order valence-corrected chi connectivity index (χ4v) is 1.67. The molecule has 0 atom stereocenters. The van der Waals surface area contributed by atoms with Crippen molar-refractivity contribution in [2.75, 3.05) is 0 Å². The summed E-state index contributed by atoms with van der Waals surface area (Å²) >= 11 is 0. The molecule has 0 fully saturated rings. The Morgan fingerprint density at radius 3 is 1.53 bits per heavy atom. The van der Waals surface area contributed by atoms with Crippen LogP contribution in [0.2, 0.25) is 39.3 Å². The van der Waals surface area contributed by atoms with E-state index in [1.165, 1.54) is 0 Å². The Balaban J connectivity index is 4.05. The SMILES string of the molecule is CCCCC(OO[Si](C)(C)C)OO[Si](C)(C)C. The first-order chi connectivity index (χ1) is 7.64. The van der Waals surface area contributed by atoms with Crippen LogP contribution >= 0.6 is 0 Å². The zero-order valence-electron chi connectivity index (χ0n) is 12.3. The fraction of sp³-hybridized carbons (Fsp3) is 1.00. The topological polar surface area (TPSA) is 36.9 Å². The van der Waals surface area contributed by atoms with Gasteiger partial charge in [-0.1, -0.05) is 13.3 Å². The Morgan fingerprint density at radius 1 is 0.824 bits per heavy atom. The Hall–Kier alpha value is 0.274. The van der Waals surface area contributed by atoms with E-state index >= 15 is 0 Å². The van der Waals surface area contributed by atoms with Crippen LogP contribution in [-0.2, 0) is 18.9 Å². The maximum Gasteiger partial charge on any atom is 0.230 e. The minimum Gasteiger partial charge on any atom is -0.284 e. The van der Waals surface area contributed by atoms with E-state index in [1.807, 2.05) is 0 Å². The van der Waals surface area contributed by atoms with Crippen molar-refractivity contribution in [1.82, 2.24) is 0 Å². The summed E-state index contributed by atoms with van der Waals surface area (Å²) in [6.07, 6.45) is 2.52. The van der Waals surface area contributed by atoms with E-state index in [9.17, 15) is 0 Å². The van der Waals surface area contributed by atoms with Gasteiger partial charge in [0.15, 0.2) is 0 Å². The van der Waals surface area contributed by atoms with Crippen LogP contribution < -0.4 is 0 Å². The molecular formula is C11H28O4Si2. The molecule has 0 saturated carbocycles. The van der Waals surface area contributed by atoms with Crippen molar-refractivity contribution in [3.63, 3.8) is 0 Å². The van der Waals surface area contributed by atoms with Crippen molar-refractivity contribution in [1.29, 1.82) is 0 Å². The van der Waals surface area contributed by atoms with Crippen molar-refractivity contribution in [2.45, 2.75) is 71.8 Å². The Bertz CT molecular complexity index is 181. The van der Waals surface area contributed by atoms with Crippen LogP contribution in [0.3, 0.4) is 0 Å². The summed E-state index contributed by atoms with van der Waals surface area (Å²) in [4.78, 5) is 10.7. The van der Waals surface area contributed by atoms with Crippen LogP contribution in [0.5, 0.6) is 0 Å². The van der Waals surface area contributed by atoms with Gasteiger partial charge in [0.25, 0.3) is 0 Å². The molecule has 0 saturated heterocycles. The highest BCUT2D eigenvalue weighted by Gasteiger charge is 2.23. The predicted octanol–water partition coefficient (Wildman–Crippen LogP) is 4.07. The first kappa shape index (κ1) is 17.3. The number of unbranched alkanes of at least 4 members (excludes halogenated alkanes) is 1. The van der Waals surface area contributed by atoms with E-state index in [1.54, 1.807) is 0 Å². The molecule has 104 valence electrons. The molecular weight excluding hydrogens is 252 g/mol. The summed E-state index contributed by atoms with van der Waals surface area (Å²) < 4.78 is 10.8. The summed E-state index contributed by atoms with van der Waals surface area (Å²) in [5, 5.41) is 0. The maximum absolute atomic E-state index is 5.40. The van der Waals surface area contributed by atoms with Crippen LogP contribution in [0, 0.1) is 0 Å². The van der Waals surface area contributed by atoms with Gasteiger partial charge in [0, 0.05) is 6.42 Å². The molecule has 0 unspecified atom stereocenters.